The summed E-state index contributed by atoms with van der Waals surface area (Å²) in [5, 5.41) is 0.167. The number of halogens is 2. The second-order valence-corrected chi connectivity index (χ2v) is 8.42. The first-order valence-corrected chi connectivity index (χ1v) is 10.7. The smallest absolute Gasteiger partial charge is 0.312 e. The molecule has 9 heteroatoms. The molecule has 4 aromatic rings. The van der Waals surface area contributed by atoms with Gasteiger partial charge in [-0.3, -0.25) is 13.9 Å². The summed E-state index contributed by atoms with van der Waals surface area (Å²) in [7, 11) is 1.57. The average molecular weight is 454 g/mol. The van der Waals surface area contributed by atoms with Crippen molar-refractivity contribution in [3.05, 3.63) is 85.3 Å². The lowest BCUT2D eigenvalue weighted by Gasteiger charge is -2.29. The number of aryl methyl sites for hydroxylation is 3. The van der Waals surface area contributed by atoms with Crippen molar-refractivity contribution in [2.45, 2.75) is 26.4 Å². The van der Waals surface area contributed by atoms with Crippen molar-refractivity contribution in [3.63, 3.8) is 0 Å². The summed E-state index contributed by atoms with van der Waals surface area (Å²) >= 11 is 6.15. The van der Waals surface area contributed by atoms with Gasteiger partial charge in [0.05, 0.1) is 6.54 Å². The normalized spacial score (nSPS) is 13.6. The van der Waals surface area contributed by atoms with Crippen molar-refractivity contribution < 1.29 is 4.39 Å². The molecule has 0 spiro atoms. The zero-order valence-electron chi connectivity index (χ0n) is 17.7. The molecule has 164 valence electrons. The molecule has 2 aromatic carbocycles. The van der Waals surface area contributed by atoms with Crippen molar-refractivity contribution in [1.82, 2.24) is 18.7 Å². The van der Waals surface area contributed by atoms with E-state index in [2.05, 4.69) is 16.0 Å². The maximum atomic E-state index is 14.4. The van der Waals surface area contributed by atoms with Crippen LogP contribution in [0.15, 0.2) is 52.1 Å². The fourth-order valence-corrected chi connectivity index (χ4v) is 4.51. The summed E-state index contributed by atoms with van der Waals surface area (Å²) in [5.74, 6) is 0.0538. The minimum atomic E-state index is -0.570. The summed E-state index contributed by atoms with van der Waals surface area (Å²) in [6, 6.07) is 12.3. The van der Waals surface area contributed by atoms with E-state index >= 15 is 0 Å². The van der Waals surface area contributed by atoms with E-state index in [0.717, 1.165) is 28.8 Å². The Kier molecular flexibility index (Phi) is 4.89. The number of anilines is 2. The van der Waals surface area contributed by atoms with E-state index in [1.807, 2.05) is 29.7 Å². The SMILES string of the molecule is Cc1cccc(N2CCCn3c2nc2c3c(=O)n(Cc3c(F)cccc3Cl)c(=O)n2C)c1. The molecule has 32 heavy (non-hydrogen) atoms. The third-order valence-electron chi connectivity index (χ3n) is 5.91. The Hall–Kier alpha value is -3.39. The quantitative estimate of drug-likeness (QED) is 0.475. The van der Waals surface area contributed by atoms with Gasteiger partial charge >= 0.3 is 5.69 Å². The average Bonchev–Trinajstić information content (AvgIpc) is 3.17. The van der Waals surface area contributed by atoms with Gasteiger partial charge < -0.3 is 9.47 Å². The Morgan fingerprint density at radius 2 is 1.91 bits per heavy atom. The Morgan fingerprint density at radius 3 is 2.66 bits per heavy atom. The lowest BCUT2D eigenvalue weighted by atomic mass is 10.2. The predicted molar refractivity (Wildman–Crippen MR) is 123 cm³/mol. The van der Waals surface area contributed by atoms with Crippen LogP contribution in [-0.2, 0) is 20.1 Å². The highest BCUT2D eigenvalue weighted by atomic mass is 35.5. The molecule has 2 aromatic heterocycles. The molecule has 0 saturated heterocycles. The van der Waals surface area contributed by atoms with Gasteiger partial charge in [-0.1, -0.05) is 29.8 Å². The molecule has 5 rings (SSSR count). The van der Waals surface area contributed by atoms with Gasteiger partial charge in [-0.2, -0.15) is 4.98 Å². The minimum absolute atomic E-state index is 0.104. The monoisotopic (exact) mass is 453 g/mol. The molecule has 7 nitrogen and oxygen atoms in total. The van der Waals surface area contributed by atoms with Gasteiger partial charge in [-0.15, -0.1) is 0 Å². The molecular weight excluding hydrogens is 433 g/mol. The van der Waals surface area contributed by atoms with Crippen LogP contribution in [0, 0.1) is 12.7 Å². The van der Waals surface area contributed by atoms with E-state index in [9.17, 15) is 14.0 Å². The first-order valence-electron chi connectivity index (χ1n) is 10.3. The summed E-state index contributed by atoms with van der Waals surface area (Å²) in [6.07, 6.45) is 0.813. The molecule has 0 aliphatic carbocycles. The van der Waals surface area contributed by atoms with E-state index in [-0.39, 0.29) is 17.1 Å². The summed E-state index contributed by atoms with van der Waals surface area (Å²) < 4.78 is 18.6. The molecule has 1 aliphatic rings. The van der Waals surface area contributed by atoms with Gasteiger partial charge in [0.1, 0.15) is 5.82 Å². The topological polar surface area (TPSA) is 65.1 Å². The molecule has 1 aliphatic heterocycles. The highest BCUT2D eigenvalue weighted by Crippen LogP contribution is 2.31. The third-order valence-corrected chi connectivity index (χ3v) is 6.26. The van der Waals surface area contributed by atoms with Gasteiger partial charge in [0.2, 0.25) is 5.95 Å². The summed E-state index contributed by atoms with van der Waals surface area (Å²) in [6.45, 7) is 3.11. The molecule has 0 bridgehead atoms. The molecule has 0 N–H and O–H groups in total. The maximum absolute atomic E-state index is 14.4. The first kappa shape index (κ1) is 20.5. The number of hydrogen-bond acceptors (Lipinski definition) is 4. The van der Waals surface area contributed by atoms with E-state index in [4.69, 9.17) is 11.6 Å². The first-order chi connectivity index (χ1) is 15.4. The minimum Gasteiger partial charge on any atom is -0.312 e. The number of imidazole rings is 1. The largest absolute Gasteiger partial charge is 0.332 e. The molecule has 0 fully saturated rings. The second-order valence-electron chi connectivity index (χ2n) is 8.01. The molecule has 0 saturated carbocycles. The van der Waals surface area contributed by atoms with E-state index in [1.54, 1.807) is 7.05 Å². The van der Waals surface area contributed by atoms with Crippen molar-refractivity contribution in [3.8, 4) is 0 Å². The van der Waals surface area contributed by atoms with Gasteiger partial charge in [0.25, 0.3) is 5.56 Å². The Morgan fingerprint density at radius 1 is 1.12 bits per heavy atom. The maximum Gasteiger partial charge on any atom is 0.332 e. The van der Waals surface area contributed by atoms with E-state index < -0.39 is 17.1 Å². The van der Waals surface area contributed by atoms with Crippen LogP contribution in [0.5, 0.6) is 0 Å². The van der Waals surface area contributed by atoms with Crippen molar-refractivity contribution in [1.29, 1.82) is 0 Å². The Bertz CT molecular complexity index is 1470. The van der Waals surface area contributed by atoms with Crippen LogP contribution in [0.25, 0.3) is 11.2 Å². The molecule has 0 atom stereocenters. The van der Waals surface area contributed by atoms with Crippen molar-refractivity contribution >= 4 is 34.4 Å². The lowest BCUT2D eigenvalue weighted by Crippen LogP contribution is -2.40. The number of fused-ring (bicyclic) bond motifs is 3. The molecule has 0 radical (unpaired) electrons. The fourth-order valence-electron chi connectivity index (χ4n) is 4.29. The van der Waals surface area contributed by atoms with Crippen LogP contribution in [0.1, 0.15) is 17.5 Å². The Balaban J connectivity index is 1.72. The number of benzene rings is 2. The molecule has 3 heterocycles. The van der Waals surface area contributed by atoms with E-state index in [1.165, 1.54) is 22.8 Å². The highest BCUT2D eigenvalue weighted by Gasteiger charge is 2.27. The fraction of sp³-hybridized carbons (Fsp3) is 0.261. The zero-order chi connectivity index (χ0) is 22.6. The van der Waals surface area contributed by atoms with Crippen molar-refractivity contribution in [2.75, 3.05) is 11.4 Å². The number of aromatic nitrogens is 4. The Labute approximate surface area is 187 Å². The molecule has 0 unspecified atom stereocenters. The van der Waals surface area contributed by atoms with Gasteiger partial charge in [0.15, 0.2) is 11.2 Å². The van der Waals surface area contributed by atoms with E-state index in [0.29, 0.717) is 23.7 Å². The van der Waals surface area contributed by atoms with Gasteiger partial charge in [-0.05, 0) is 43.2 Å². The van der Waals surface area contributed by atoms with Crippen LogP contribution in [0.4, 0.5) is 16.0 Å². The number of rotatable bonds is 3. The van der Waals surface area contributed by atoms with Crippen LogP contribution in [-0.4, -0.2) is 25.2 Å². The van der Waals surface area contributed by atoms with Gasteiger partial charge in [0, 0.05) is 36.4 Å². The molecular formula is C23H21ClFN5O2. The number of hydrogen-bond donors (Lipinski definition) is 0. The zero-order valence-corrected chi connectivity index (χ0v) is 18.4. The second kappa shape index (κ2) is 7.63. The van der Waals surface area contributed by atoms with Crippen LogP contribution in [0.2, 0.25) is 5.02 Å². The van der Waals surface area contributed by atoms with Crippen LogP contribution in [0.3, 0.4) is 0 Å². The molecule has 0 amide bonds. The summed E-state index contributed by atoms with van der Waals surface area (Å²) in [4.78, 5) is 33.2. The van der Waals surface area contributed by atoms with Gasteiger partial charge in [-0.25, -0.2) is 9.18 Å². The van der Waals surface area contributed by atoms with Crippen LogP contribution < -0.4 is 16.1 Å². The standard InChI is InChI=1S/C23H21ClFN5O2/c1-14-6-3-7-15(12-14)28-10-5-11-29-19-20(26-22(28)29)27(2)23(32)30(21(19)31)13-16-17(24)8-4-9-18(16)25/h3-4,6-9,12H,5,10-11,13H2,1-2H3. The van der Waals surface area contributed by atoms with Crippen molar-refractivity contribution in [2.24, 2.45) is 7.05 Å². The highest BCUT2D eigenvalue weighted by molar-refractivity contribution is 6.31. The third kappa shape index (κ3) is 3.14. The summed E-state index contributed by atoms with van der Waals surface area (Å²) in [5.41, 5.74) is 1.76. The lowest BCUT2D eigenvalue weighted by molar-refractivity contribution is 0.578. The van der Waals surface area contributed by atoms with Crippen LogP contribution >= 0.6 is 11.6 Å². The predicted octanol–water partition coefficient (Wildman–Crippen LogP) is 3.59. The number of nitrogens with zero attached hydrogens (tertiary/aromatic N) is 5.